The molecule has 5 rings (SSSR count). The van der Waals surface area contributed by atoms with Gasteiger partial charge in [-0.1, -0.05) is 12.1 Å². The zero-order valence-corrected chi connectivity index (χ0v) is 22.2. The smallest absolute Gasteiger partial charge is 0.317 e. The average Bonchev–Trinajstić information content (AvgIpc) is 3.35. The number of hydrogen-bond donors (Lipinski definition) is 1. The first-order chi connectivity index (χ1) is 17.1. The zero-order valence-electron chi connectivity index (χ0n) is 22.2. The molecule has 1 aromatic rings. The fourth-order valence-corrected chi connectivity index (χ4v) is 6.20. The summed E-state index contributed by atoms with van der Waals surface area (Å²) in [6.07, 6.45) is 5.56. The van der Waals surface area contributed by atoms with E-state index in [-0.39, 0.29) is 23.9 Å². The van der Waals surface area contributed by atoms with Crippen LogP contribution in [0.5, 0.6) is 0 Å². The van der Waals surface area contributed by atoms with Gasteiger partial charge in [-0.15, -0.1) is 0 Å². The van der Waals surface area contributed by atoms with Gasteiger partial charge in [0.25, 0.3) is 5.92 Å². The molecule has 2 aliphatic heterocycles. The second-order valence-electron chi connectivity index (χ2n) is 12.1. The van der Waals surface area contributed by atoms with Gasteiger partial charge in [0.2, 0.25) is 5.89 Å². The van der Waals surface area contributed by atoms with Gasteiger partial charge in [0, 0.05) is 62.1 Å². The van der Waals surface area contributed by atoms with E-state index >= 15 is 8.78 Å². The molecule has 10 heteroatoms. The molecule has 0 aromatic carbocycles. The highest BCUT2D eigenvalue weighted by atomic mass is 19.3. The van der Waals surface area contributed by atoms with Crippen LogP contribution in [0.3, 0.4) is 0 Å². The maximum absolute atomic E-state index is 15.2. The lowest BCUT2D eigenvalue weighted by molar-refractivity contribution is -0.0899. The van der Waals surface area contributed by atoms with Crippen molar-refractivity contribution >= 4 is 6.03 Å². The zero-order chi connectivity index (χ0) is 25.7. The monoisotopic (exact) mass is 508 g/mol. The lowest BCUT2D eigenvalue weighted by Crippen LogP contribution is -2.64. The van der Waals surface area contributed by atoms with E-state index < -0.39 is 12.0 Å². The predicted octanol–water partition coefficient (Wildman–Crippen LogP) is 3.98. The van der Waals surface area contributed by atoms with Gasteiger partial charge in [-0.3, -0.25) is 9.80 Å². The van der Waals surface area contributed by atoms with Crippen molar-refractivity contribution in [2.24, 2.45) is 0 Å². The number of nitrogens with one attached hydrogen (secondary N) is 1. The highest BCUT2D eigenvalue weighted by molar-refractivity contribution is 5.75. The third kappa shape index (κ3) is 5.12. The summed E-state index contributed by atoms with van der Waals surface area (Å²) in [5.41, 5.74) is -0.266. The van der Waals surface area contributed by atoms with E-state index in [1.165, 1.54) is 0 Å². The summed E-state index contributed by atoms with van der Waals surface area (Å²) >= 11 is 0. The fourth-order valence-electron chi connectivity index (χ4n) is 6.20. The Kier molecular flexibility index (Phi) is 7.04. The van der Waals surface area contributed by atoms with E-state index in [0.717, 1.165) is 38.2 Å². The molecule has 0 spiro atoms. The number of likely N-dealkylation sites (N-methyl/N-ethyl adjacent to an activating group) is 1. The molecule has 0 radical (unpaired) electrons. The Bertz CT molecular complexity index is 927. The lowest BCUT2D eigenvalue weighted by atomic mass is 9.79. The first-order valence-corrected chi connectivity index (χ1v) is 13.8. The summed E-state index contributed by atoms with van der Waals surface area (Å²) in [4.78, 5) is 24.1. The number of aromatic nitrogens is 2. The Morgan fingerprint density at radius 3 is 2.53 bits per heavy atom. The number of amides is 2. The molecule has 4 fully saturated rings. The number of carbonyl (C=O) groups is 1. The Morgan fingerprint density at radius 1 is 1.14 bits per heavy atom. The van der Waals surface area contributed by atoms with Crippen LogP contribution < -0.4 is 5.32 Å². The Labute approximate surface area is 213 Å². The largest absolute Gasteiger partial charge is 0.339 e. The molecule has 2 amide bonds. The van der Waals surface area contributed by atoms with Crippen LogP contribution >= 0.6 is 0 Å². The summed E-state index contributed by atoms with van der Waals surface area (Å²) in [7, 11) is 2.11. The van der Waals surface area contributed by atoms with E-state index in [1.54, 1.807) is 4.90 Å². The number of alkyl halides is 2. The van der Waals surface area contributed by atoms with Crippen molar-refractivity contribution in [1.29, 1.82) is 0 Å². The summed E-state index contributed by atoms with van der Waals surface area (Å²) in [6, 6.07) is -1.10. The lowest BCUT2D eigenvalue weighted by Gasteiger charge is -2.44. The number of nitrogens with zero attached hydrogens (tertiary/aromatic N) is 5. The predicted molar refractivity (Wildman–Crippen MR) is 132 cm³/mol. The summed E-state index contributed by atoms with van der Waals surface area (Å²) in [6.45, 7) is 8.98. The van der Waals surface area contributed by atoms with E-state index in [9.17, 15) is 4.79 Å². The normalized spacial score (nSPS) is 30.8. The molecule has 2 aliphatic carbocycles. The molecule has 2 saturated carbocycles. The van der Waals surface area contributed by atoms with Crippen LogP contribution in [0.4, 0.5) is 13.6 Å². The molecule has 36 heavy (non-hydrogen) atoms. The quantitative estimate of drug-likeness (QED) is 0.626. The molecule has 3 heterocycles. The highest BCUT2D eigenvalue weighted by Crippen LogP contribution is 2.41. The van der Waals surface area contributed by atoms with E-state index in [4.69, 9.17) is 4.52 Å². The van der Waals surface area contributed by atoms with Crippen molar-refractivity contribution in [3.63, 3.8) is 0 Å². The van der Waals surface area contributed by atoms with Gasteiger partial charge >= 0.3 is 6.03 Å². The van der Waals surface area contributed by atoms with Crippen LogP contribution in [-0.2, 0) is 5.41 Å². The molecule has 1 N–H and O–H groups in total. The second kappa shape index (κ2) is 9.82. The molecule has 2 saturated heterocycles. The number of carbonyl (C=O) groups excluding carboxylic acids is 1. The number of hydrogen-bond acceptors (Lipinski definition) is 6. The molecule has 202 valence electrons. The van der Waals surface area contributed by atoms with Crippen LogP contribution in [0.15, 0.2) is 4.52 Å². The fraction of sp³-hybridized carbons (Fsp3) is 0.885. The molecule has 4 aliphatic rings. The van der Waals surface area contributed by atoms with Gasteiger partial charge in [0.1, 0.15) is 6.04 Å². The van der Waals surface area contributed by atoms with E-state index in [1.807, 2.05) is 0 Å². The minimum atomic E-state index is -2.91. The minimum absolute atomic E-state index is 0.170. The number of rotatable bonds is 6. The summed E-state index contributed by atoms with van der Waals surface area (Å²) in [5.74, 6) is -1.07. The van der Waals surface area contributed by atoms with Crippen molar-refractivity contribution in [2.75, 3.05) is 33.2 Å². The molecule has 0 unspecified atom stereocenters. The topological polar surface area (TPSA) is 77.7 Å². The first kappa shape index (κ1) is 25.8. The standard InChI is InChI=1S/C26H42F2N6O2/c1-17(2)32(4)19-9-13-34(16-19)20-6-5-10-26(27,28)21(20)29-24(35)33-14-11-25(3,12-15-33)23-30-22(36-31-23)18-7-8-18/h17-21H,5-16H2,1-4H3,(H,29,35)/t19-,20-,21+/m0/s1. The van der Waals surface area contributed by atoms with Crippen LogP contribution in [0.2, 0.25) is 0 Å². The summed E-state index contributed by atoms with van der Waals surface area (Å²) in [5, 5.41) is 7.02. The van der Waals surface area contributed by atoms with Gasteiger partial charge in [0.15, 0.2) is 5.82 Å². The van der Waals surface area contributed by atoms with E-state index in [0.29, 0.717) is 62.6 Å². The second-order valence-corrected chi connectivity index (χ2v) is 12.1. The number of piperidine rings is 1. The molecule has 8 nitrogen and oxygen atoms in total. The van der Waals surface area contributed by atoms with Crippen LogP contribution in [0.25, 0.3) is 0 Å². The first-order valence-electron chi connectivity index (χ1n) is 13.8. The third-order valence-corrected chi connectivity index (χ3v) is 9.25. The Hall–Kier alpha value is -1.81. The van der Waals surface area contributed by atoms with Crippen LogP contribution in [-0.4, -0.2) is 94.2 Å². The molecule has 1 aromatic heterocycles. The summed E-state index contributed by atoms with van der Waals surface area (Å²) < 4.78 is 35.9. The molecule has 0 bridgehead atoms. The van der Waals surface area contributed by atoms with Gasteiger partial charge in [0.05, 0.1) is 0 Å². The van der Waals surface area contributed by atoms with Crippen LogP contribution in [0, 0.1) is 0 Å². The minimum Gasteiger partial charge on any atom is -0.339 e. The van der Waals surface area contributed by atoms with Crippen molar-refractivity contribution in [2.45, 2.75) is 114 Å². The van der Waals surface area contributed by atoms with Gasteiger partial charge in [-0.2, -0.15) is 4.98 Å². The Morgan fingerprint density at radius 2 is 1.86 bits per heavy atom. The molecular formula is C26H42F2N6O2. The number of likely N-dealkylation sites (tertiary alicyclic amines) is 2. The van der Waals surface area contributed by atoms with Crippen molar-refractivity contribution in [3.05, 3.63) is 11.7 Å². The maximum atomic E-state index is 15.2. The number of halogens is 2. The highest BCUT2D eigenvalue weighted by Gasteiger charge is 2.51. The third-order valence-electron chi connectivity index (χ3n) is 9.25. The SMILES string of the molecule is CC(C)N(C)[C@H]1CCN([C@H]2CCCC(F)(F)[C@@H]2NC(=O)N2CCC(C)(c3noc(C4CC4)n3)CC2)C1. The van der Waals surface area contributed by atoms with Gasteiger partial charge in [-0.05, 0) is 65.8 Å². The maximum Gasteiger partial charge on any atom is 0.317 e. The average molecular weight is 509 g/mol. The molecular weight excluding hydrogens is 466 g/mol. The van der Waals surface area contributed by atoms with E-state index in [2.05, 4.69) is 53.1 Å². The van der Waals surface area contributed by atoms with Gasteiger partial charge < -0.3 is 14.7 Å². The van der Waals surface area contributed by atoms with Gasteiger partial charge in [-0.25, -0.2) is 13.6 Å². The van der Waals surface area contributed by atoms with Crippen LogP contribution in [0.1, 0.15) is 89.8 Å². The van der Waals surface area contributed by atoms with Crippen molar-refractivity contribution < 1.29 is 18.1 Å². The Balaban J connectivity index is 1.21. The van der Waals surface area contributed by atoms with Crippen molar-refractivity contribution in [1.82, 2.24) is 30.2 Å². The van der Waals surface area contributed by atoms with Crippen molar-refractivity contribution in [3.8, 4) is 0 Å². The molecule has 3 atom stereocenters. The number of urea groups is 1.